The van der Waals surface area contributed by atoms with E-state index in [1.807, 2.05) is 6.92 Å². The quantitative estimate of drug-likeness (QED) is 0.257. The van der Waals surface area contributed by atoms with Crippen LogP contribution in [0.2, 0.25) is 0 Å². The van der Waals surface area contributed by atoms with Crippen LogP contribution in [0.3, 0.4) is 0 Å². The molecule has 0 spiro atoms. The van der Waals surface area contributed by atoms with Gasteiger partial charge in [-0.2, -0.15) is 0 Å². The molecule has 4 heteroatoms. The Kier molecular flexibility index (Phi) is 6.84. The van der Waals surface area contributed by atoms with Gasteiger partial charge in [0.25, 0.3) is 0 Å². The Morgan fingerprint density at radius 3 is 3.00 bits per heavy atom. The Hall–Kier alpha value is -0.163. The summed E-state index contributed by atoms with van der Waals surface area (Å²) in [6.45, 7) is 5.71. The van der Waals surface area contributed by atoms with Crippen LogP contribution in [0.15, 0.2) is 12.7 Å². The van der Waals surface area contributed by atoms with E-state index in [0.717, 1.165) is 6.42 Å². The molecule has 0 saturated carbocycles. The molecule has 0 aliphatic rings. The summed E-state index contributed by atoms with van der Waals surface area (Å²) in [5.74, 6) is 0. The Balaban J connectivity index is 3.04. The lowest BCUT2D eigenvalue weighted by molar-refractivity contribution is -0.0311. The molecule has 60 valence electrons. The van der Waals surface area contributed by atoms with Crippen molar-refractivity contribution in [2.45, 2.75) is 19.4 Å². The average molecular weight is 162 g/mol. The monoisotopic (exact) mass is 162 g/mol. The first-order valence-electron chi connectivity index (χ1n) is 3.22. The minimum absolute atomic E-state index is 0.137. The van der Waals surface area contributed by atoms with E-state index in [2.05, 4.69) is 11.0 Å². The lowest BCUT2D eigenvalue weighted by Crippen LogP contribution is -2.11. The minimum atomic E-state index is -1.29. The van der Waals surface area contributed by atoms with Gasteiger partial charge >= 0.3 is 10.0 Å². The van der Waals surface area contributed by atoms with Crippen molar-refractivity contribution in [1.82, 2.24) is 0 Å². The summed E-state index contributed by atoms with van der Waals surface area (Å²) >= 11 is 0. The number of hydrogen-bond acceptors (Lipinski definition) is 3. The van der Waals surface area contributed by atoms with Crippen LogP contribution in [-0.2, 0) is 9.16 Å². The van der Waals surface area contributed by atoms with Crippen molar-refractivity contribution in [3.05, 3.63) is 12.7 Å². The maximum Gasteiger partial charge on any atom is 0.303 e. The molecule has 1 atom stereocenters. The first-order chi connectivity index (χ1) is 4.81. The summed E-state index contributed by atoms with van der Waals surface area (Å²) in [7, 11) is -1.29. The van der Waals surface area contributed by atoms with Gasteiger partial charge in [0.05, 0.1) is 6.10 Å². The third-order valence-corrected chi connectivity index (χ3v) is 1.38. The number of rotatable bonds is 6. The normalized spacial score (nSPS) is 14.2. The summed E-state index contributed by atoms with van der Waals surface area (Å²) in [5.41, 5.74) is 0. The fourth-order valence-corrected chi connectivity index (χ4v) is 0.675. The fourth-order valence-electron chi connectivity index (χ4n) is 0.504. The molecule has 0 bridgehead atoms. The van der Waals surface area contributed by atoms with E-state index >= 15 is 0 Å². The van der Waals surface area contributed by atoms with Gasteiger partial charge in [0.2, 0.25) is 0 Å². The molecule has 3 nitrogen and oxygen atoms in total. The van der Waals surface area contributed by atoms with Gasteiger partial charge < -0.3 is 14.0 Å². The van der Waals surface area contributed by atoms with Gasteiger partial charge in [-0.1, -0.05) is 6.08 Å². The van der Waals surface area contributed by atoms with Crippen LogP contribution < -0.4 is 0 Å². The average Bonchev–Trinajstić information content (AvgIpc) is 1.89. The van der Waals surface area contributed by atoms with Crippen molar-refractivity contribution < 1.29 is 14.0 Å². The van der Waals surface area contributed by atoms with Crippen LogP contribution in [0.4, 0.5) is 0 Å². The van der Waals surface area contributed by atoms with Gasteiger partial charge in [0.1, 0.15) is 6.79 Å². The van der Waals surface area contributed by atoms with Crippen molar-refractivity contribution in [3.63, 3.8) is 0 Å². The van der Waals surface area contributed by atoms with Crippen molar-refractivity contribution in [1.29, 1.82) is 0 Å². The van der Waals surface area contributed by atoms with E-state index in [4.69, 9.17) is 9.53 Å². The number of hydrogen-bond donors (Lipinski definition) is 1. The Morgan fingerprint density at radius 2 is 2.50 bits per heavy atom. The maximum absolute atomic E-state index is 8.33. The zero-order valence-corrected chi connectivity index (χ0v) is 7.66. The summed E-state index contributed by atoms with van der Waals surface area (Å²) in [4.78, 5) is 8.33. The first kappa shape index (κ1) is 9.84. The highest BCUT2D eigenvalue weighted by Gasteiger charge is 1.96. The van der Waals surface area contributed by atoms with Crippen molar-refractivity contribution in [2.24, 2.45) is 0 Å². The van der Waals surface area contributed by atoms with Crippen LogP contribution in [0.5, 0.6) is 0 Å². The second-order valence-electron chi connectivity index (χ2n) is 1.95. The van der Waals surface area contributed by atoms with Gasteiger partial charge in [0, 0.05) is 0 Å². The van der Waals surface area contributed by atoms with Crippen molar-refractivity contribution in [3.8, 4) is 0 Å². The molecule has 0 aromatic carbocycles. The summed E-state index contributed by atoms with van der Waals surface area (Å²) < 4.78 is 9.79. The van der Waals surface area contributed by atoms with E-state index < -0.39 is 10.0 Å². The predicted octanol–water partition coefficient (Wildman–Crippen LogP) is -0.0672. The summed E-state index contributed by atoms with van der Waals surface area (Å²) in [5, 5.41) is 0. The molecule has 1 N–H and O–H groups in total. The maximum atomic E-state index is 8.33. The van der Waals surface area contributed by atoms with E-state index in [1.54, 1.807) is 6.08 Å². The molecule has 1 unspecified atom stereocenters. The van der Waals surface area contributed by atoms with Gasteiger partial charge in [-0.15, -0.1) is 6.58 Å². The van der Waals surface area contributed by atoms with Crippen LogP contribution in [0, 0.1) is 0 Å². The predicted molar refractivity (Wildman–Crippen MR) is 42.1 cm³/mol. The zero-order valence-electron chi connectivity index (χ0n) is 6.25. The summed E-state index contributed by atoms with van der Waals surface area (Å²) in [6.07, 6.45) is 2.75. The Labute approximate surface area is 63.7 Å². The van der Waals surface area contributed by atoms with E-state index in [-0.39, 0.29) is 12.9 Å². The lowest BCUT2D eigenvalue weighted by atomic mass is 10.3. The SMILES string of the molecule is C=CCC(C)OCO[SiH2]O. The zero-order chi connectivity index (χ0) is 7.82. The lowest BCUT2D eigenvalue weighted by Gasteiger charge is -2.09. The van der Waals surface area contributed by atoms with Crippen LogP contribution >= 0.6 is 0 Å². The van der Waals surface area contributed by atoms with Gasteiger partial charge in [-0.3, -0.25) is 0 Å². The Bertz CT molecular complexity index is 87.1. The molecule has 0 aliphatic carbocycles. The smallest absolute Gasteiger partial charge is 0.303 e. The van der Waals surface area contributed by atoms with Crippen molar-refractivity contribution >= 4 is 10.0 Å². The van der Waals surface area contributed by atoms with Crippen molar-refractivity contribution in [2.75, 3.05) is 6.79 Å². The molecule has 0 aromatic rings. The first-order valence-corrected chi connectivity index (χ1v) is 4.43. The molecule has 0 aliphatic heterocycles. The highest BCUT2D eigenvalue weighted by atomic mass is 28.2. The largest absolute Gasteiger partial charge is 0.415 e. The molecular formula is C6H14O3Si. The van der Waals surface area contributed by atoms with Gasteiger partial charge in [-0.25, -0.2) is 0 Å². The van der Waals surface area contributed by atoms with E-state index in [1.165, 1.54) is 0 Å². The minimum Gasteiger partial charge on any atom is -0.415 e. The van der Waals surface area contributed by atoms with E-state index in [0.29, 0.717) is 0 Å². The second-order valence-corrected chi connectivity index (χ2v) is 2.62. The highest BCUT2D eigenvalue weighted by Crippen LogP contribution is 1.96. The molecule has 10 heavy (non-hydrogen) atoms. The van der Waals surface area contributed by atoms with Crippen LogP contribution in [-0.4, -0.2) is 27.7 Å². The molecular weight excluding hydrogens is 148 g/mol. The molecule has 0 fully saturated rings. The van der Waals surface area contributed by atoms with Gasteiger partial charge in [-0.05, 0) is 13.3 Å². The topological polar surface area (TPSA) is 38.7 Å². The molecule has 0 rings (SSSR count). The van der Waals surface area contributed by atoms with Crippen LogP contribution in [0.1, 0.15) is 13.3 Å². The molecule has 0 heterocycles. The third kappa shape index (κ3) is 5.96. The van der Waals surface area contributed by atoms with E-state index in [9.17, 15) is 0 Å². The molecule has 0 amide bonds. The van der Waals surface area contributed by atoms with Gasteiger partial charge in [0.15, 0.2) is 0 Å². The Morgan fingerprint density at radius 1 is 1.80 bits per heavy atom. The summed E-state index contributed by atoms with van der Waals surface area (Å²) in [6, 6.07) is 0. The molecule has 0 saturated heterocycles. The third-order valence-electron chi connectivity index (χ3n) is 1.03. The van der Waals surface area contributed by atoms with Crippen LogP contribution in [0.25, 0.3) is 0 Å². The molecule has 0 radical (unpaired) electrons. The second kappa shape index (κ2) is 6.95. The fraction of sp³-hybridized carbons (Fsp3) is 0.667. The highest BCUT2D eigenvalue weighted by molar-refractivity contribution is 6.15. The molecule has 0 aromatic heterocycles. The standard InChI is InChI=1S/C6H14O3Si/c1-3-4-6(2)8-5-9-10-7/h3,6-7H,1,4-5,10H2,2H3. The number of ether oxygens (including phenoxy) is 1.